The van der Waals surface area contributed by atoms with E-state index in [1.165, 1.54) is 12.1 Å². The van der Waals surface area contributed by atoms with Crippen LogP contribution in [0, 0.1) is 10.1 Å². The third-order valence-corrected chi connectivity index (χ3v) is 5.17. The molecule has 0 aliphatic rings. The van der Waals surface area contributed by atoms with Crippen LogP contribution in [0.5, 0.6) is 17.4 Å². The van der Waals surface area contributed by atoms with Crippen LogP contribution < -0.4 is 14.2 Å². The van der Waals surface area contributed by atoms with Crippen LogP contribution in [0.2, 0.25) is 0 Å². The van der Waals surface area contributed by atoms with Gasteiger partial charge in [0.15, 0.2) is 0 Å². The van der Waals surface area contributed by atoms with Crippen molar-refractivity contribution in [2.45, 2.75) is 19.8 Å². The van der Waals surface area contributed by atoms with Crippen LogP contribution in [0.1, 0.15) is 11.1 Å². The molecule has 0 bridgehead atoms. The molecule has 170 valence electrons. The van der Waals surface area contributed by atoms with E-state index in [-0.39, 0.29) is 12.3 Å². The summed E-state index contributed by atoms with van der Waals surface area (Å²) in [5, 5.41) is 16.1. The molecule has 4 rings (SSSR count). The lowest BCUT2D eigenvalue weighted by Gasteiger charge is -2.08. The topological polar surface area (TPSA) is 88.7 Å². The normalized spacial score (nSPS) is 10.8. The number of methoxy groups -OCH3 is 1. The van der Waals surface area contributed by atoms with Gasteiger partial charge in [0.05, 0.1) is 29.5 Å². The Morgan fingerprint density at radius 3 is 2.42 bits per heavy atom. The quantitative estimate of drug-likeness (QED) is 0.247. The molecule has 0 radical (unpaired) electrons. The second-order valence-corrected chi connectivity index (χ2v) is 7.20. The fourth-order valence-corrected chi connectivity index (χ4v) is 3.42. The summed E-state index contributed by atoms with van der Waals surface area (Å²) in [5.74, 6) is 1.60. The van der Waals surface area contributed by atoms with Gasteiger partial charge in [-0.3, -0.25) is 14.8 Å². The maximum atomic E-state index is 13.3. The maximum Gasteiger partial charge on any atom is 0.269 e. The van der Waals surface area contributed by atoms with Crippen molar-refractivity contribution in [3.05, 3.63) is 88.0 Å². The number of hydrogen-bond acceptors (Lipinski definition) is 6. The molecular weight excluding hydrogens is 429 g/mol. The van der Waals surface area contributed by atoms with Crippen molar-refractivity contribution in [1.82, 2.24) is 9.78 Å². The van der Waals surface area contributed by atoms with Gasteiger partial charge in [0.2, 0.25) is 5.88 Å². The lowest BCUT2D eigenvalue weighted by Crippen LogP contribution is -2.09. The van der Waals surface area contributed by atoms with E-state index >= 15 is 0 Å². The van der Waals surface area contributed by atoms with Crippen molar-refractivity contribution >= 4 is 16.6 Å². The first kappa shape index (κ1) is 22.1. The molecule has 0 aliphatic carbocycles. The monoisotopic (exact) mass is 451 g/mol. The first-order chi connectivity index (χ1) is 16.1. The summed E-state index contributed by atoms with van der Waals surface area (Å²) >= 11 is 0. The molecule has 0 unspecified atom stereocenters. The molecular formula is C24H22FN3O5. The molecule has 33 heavy (non-hydrogen) atoms. The molecule has 1 aromatic heterocycles. The number of non-ortho nitro benzene ring substituents is 1. The molecule has 0 spiro atoms. The van der Waals surface area contributed by atoms with Gasteiger partial charge in [-0.2, -0.15) is 0 Å². The van der Waals surface area contributed by atoms with Crippen LogP contribution in [0.4, 0.5) is 10.1 Å². The molecule has 0 atom stereocenters. The fraction of sp³-hybridized carbons (Fsp3) is 0.208. The number of hydrogen-bond donors (Lipinski definition) is 0. The van der Waals surface area contributed by atoms with Crippen molar-refractivity contribution in [2.24, 2.45) is 0 Å². The van der Waals surface area contributed by atoms with Crippen LogP contribution in [-0.2, 0) is 19.8 Å². The number of nitro benzene ring substituents is 1. The van der Waals surface area contributed by atoms with Crippen molar-refractivity contribution < 1.29 is 23.5 Å². The molecule has 0 aliphatic heterocycles. The van der Waals surface area contributed by atoms with Crippen molar-refractivity contribution in [2.75, 3.05) is 13.7 Å². The summed E-state index contributed by atoms with van der Waals surface area (Å²) in [6.45, 7) is 0.334. The standard InChI is InChI=1S/C24H22FN3O5/c1-31-21-10-11-23-22(14-21)24(33-16-18-5-3-2-4-17(18)15-25)26-27(23)12-13-32-20-8-6-19(7-9-20)28(29)30/h2-11,14H,12-13,15-16H2,1H3. The van der Waals surface area contributed by atoms with Crippen LogP contribution >= 0.6 is 0 Å². The third kappa shape index (κ3) is 5.03. The maximum absolute atomic E-state index is 13.3. The highest BCUT2D eigenvalue weighted by molar-refractivity contribution is 5.86. The van der Waals surface area contributed by atoms with Gasteiger partial charge in [0.1, 0.15) is 31.4 Å². The smallest absolute Gasteiger partial charge is 0.269 e. The second kappa shape index (κ2) is 9.99. The average Bonchev–Trinajstić information content (AvgIpc) is 3.19. The van der Waals surface area contributed by atoms with Gasteiger partial charge in [-0.25, -0.2) is 4.39 Å². The SMILES string of the molecule is COc1ccc2c(c1)c(OCc1ccccc1CF)nn2CCOc1ccc([N+](=O)[O-])cc1. The van der Waals surface area contributed by atoms with Crippen molar-refractivity contribution in [3.8, 4) is 17.4 Å². The first-order valence-corrected chi connectivity index (χ1v) is 10.3. The van der Waals surface area contributed by atoms with E-state index in [0.717, 1.165) is 16.5 Å². The fourth-order valence-electron chi connectivity index (χ4n) is 3.42. The molecule has 0 saturated carbocycles. The Morgan fingerprint density at radius 1 is 1.00 bits per heavy atom. The van der Waals surface area contributed by atoms with E-state index < -0.39 is 11.6 Å². The van der Waals surface area contributed by atoms with E-state index in [1.54, 1.807) is 36.1 Å². The average molecular weight is 451 g/mol. The molecule has 9 heteroatoms. The summed E-state index contributed by atoms with van der Waals surface area (Å²) in [4.78, 5) is 10.3. The molecule has 8 nitrogen and oxygen atoms in total. The number of aromatic nitrogens is 2. The summed E-state index contributed by atoms with van der Waals surface area (Å²) in [6.07, 6.45) is 0. The second-order valence-electron chi connectivity index (χ2n) is 7.20. The van der Waals surface area contributed by atoms with E-state index in [2.05, 4.69) is 5.10 Å². The van der Waals surface area contributed by atoms with Gasteiger partial charge in [0.25, 0.3) is 5.69 Å². The highest BCUT2D eigenvalue weighted by Crippen LogP contribution is 2.30. The zero-order valence-electron chi connectivity index (χ0n) is 17.9. The number of nitrogens with zero attached hydrogens (tertiary/aromatic N) is 3. The Kier molecular flexibility index (Phi) is 6.68. The molecule has 0 N–H and O–H groups in total. The van der Waals surface area contributed by atoms with Crippen LogP contribution in [0.25, 0.3) is 10.9 Å². The molecule has 0 amide bonds. The van der Waals surface area contributed by atoms with Crippen LogP contribution in [0.3, 0.4) is 0 Å². The number of nitro groups is 1. The lowest BCUT2D eigenvalue weighted by molar-refractivity contribution is -0.384. The Balaban J connectivity index is 1.51. The summed E-state index contributed by atoms with van der Waals surface area (Å²) in [5.41, 5.74) is 2.17. The number of rotatable bonds is 10. The molecule has 4 aromatic rings. The summed E-state index contributed by atoms with van der Waals surface area (Å²) in [7, 11) is 1.58. The number of benzene rings is 3. The van der Waals surface area contributed by atoms with E-state index in [4.69, 9.17) is 14.2 Å². The van der Waals surface area contributed by atoms with Gasteiger partial charge >= 0.3 is 0 Å². The highest BCUT2D eigenvalue weighted by atomic mass is 19.1. The Labute approximate surface area is 189 Å². The predicted molar refractivity (Wildman–Crippen MR) is 120 cm³/mol. The van der Waals surface area contributed by atoms with Gasteiger partial charge in [-0.1, -0.05) is 24.3 Å². The van der Waals surface area contributed by atoms with E-state index in [9.17, 15) is 14.5 Å². The molecule has 1 heterocycles. The van der Waals surface area contributed by atoms with Crippen LogP contribution in [-0.4, -0.2) is 28.4 Å². The van der Waals surface area contributed by atoms with E-state index in [1.807, 2.05) is 30.3 Å². The largest absolute Gasteiger partial charge is 0.497 e. The molecule has 0 saturated heterocycles. The molecule has 3 aromatic carbocycles. The number of ether oxygens (including phenoxy) is 3. The summed E-state index contributed by atoms with van der Waals surface area (Å²) < 4.78 is 32.1. The van der Waals surface area contributed by atoms with Gasteiger partial charge in [-0.15, -0.1) is 5.10 Å². The van der Waals surface area contributed by atoms with Crippen LogP contribution in [0.15, 0.2) is 66.7 Å². The molecule has 0 fully saturated rings. The predicted octanol–water partition coefficient (Wildman–Crippen LogP) is 5.08. The Morgan fingerprint density at radius 2 is 1.73 bits per heavy atom. The zero-order valence-corrected chi connectivity index (χ0v) is 17.9. The third-order valence-electron chi connectivity index (χ3n) is 5.17. The van der Waals surface area contributed by atoms with Gasteiger partial charge in [-0.05, 0) is 41.5 Å². The van der Waals surface area contributed by atoms with E-state index in [0.29, 0.717) is 36.1 Å². The summed E-state index contributed by atoms with van der Waals surface area (Å²) in [6, 6.07) is 18.6. The minimum Gasteiger partial charge on any atom is -0.497 e. The minimum atomic E-state index is -0.567. The Bertz CT molecular complexity index is 1260. The Hall–Kier alpha value is -4.14. The lowest BCUT2D eigenvalue weighted by atomic mass is 10.1. The van der Waals surface area contributed by atoms with Gasteiger partial charge in [0, 0.05) is 12.1 Å². The van der Waals surface area contributed by atoms with Crippen molar-refractivity contribution in [1.29, 1.82) is 0 Å². The van der Waals surface area contributed by atoms with Crippen molar-refractivity contribution in [3.63, 3.8) is 0 Å². The minimum absolute atomic E-state index is 0.00509. The van der Waals surface area contributed by atoms with Gasteiger partial charge < -0.3 is 14.2 Å². The zero-order chi connectivity index (χ0) is 23.2. The number of alkyl halides is 1. The first-order valence-electron chi connectivity index (χ1n) is 10.3. The number of halogens is 1. The number of fused-ring (bicyclic) bond motifs is 1. The highest BCUT2D eigenvalue weighted by Gasteiger charge is 2.14.